The molecule has 0 aliphatic heterocycles. The minimum Gasteiger partial charge on any atom is -0.466 e. The van der Waals surface area contributed by atoms with E-state index >= 15 is 0 Å². The predicted octanol–water partition coefficient (Wildman–Crippen LogP) is 2.06. The van der Waals surface area contributed by atoms with Crippen molar-refractivity contribution in [3.63, 3.8) is 0 Å². The van der Waals surface area contributed by atoms with Crippen LogP contribution in [0.1, 0.15) is 65.0 Å². The van der Waals surface area contributed by atoms with Crippen molar-refractivity contribution in [3.05, 3.63) is 35.9 Å². The number of alkyl carbamates (subject to hydrolysis) is 1. The Balaban J connectivity index is 2.29. The van der Waals surface area contributed by atoms with Gasteiger partial charge in [-0.3, -0.25) is 14.4 Å². The van der Waals surface area contributed by atoms with Gasteiger partial charge in [0.1, 0.15) is 17.7 Å². The number of aliphatic hydroxyl groups excluding tert-OH is 1. The van der Waals surface area contributed by atoms with Gasteiger partial charge in [-0.25, -0.2) is 4.79 Å². The molecule has 1 fully saturated rings. The maximum atomic E-state index is 13.6. The van der Waals surface area contributed by atoms with Gasteiger partial charge in [-0.1, -0.05) is 30.3 Å². The van der Waals surface area contributed by atoms with Crippen LogP contribution in [0.25, 0.3) is 0 Å². The molecule has 35 heavy (non-hydrogen) atoms. The molecular formula is C25H37N3O7. The largest absolute Gasteiger partial charge is 0.466 e. The first kappa shape index (κ1) is 28.1. The Bertz CT molecular complexity index is 866. The number of amides is 3. The van der Waals surface area contributed by atoms with Gasteiger partial charge in [0.05, 0.1) is 19.6 Å². The highest BCUT2D eigenvalue weighted by Gasteiger charge is 2.41. The number of ether oxygens (including phenoxy) is 2. The van der Waals surface area contributed by atoms with Crippen LogP contribution >= 0.6 is 0 Å². The summed E-state index contributed by atoms with van der Waals surface area (Å²) in [5, 5.41) is 15.1. The second-order valence-corrected chi connectivity index (χ2v) is 9.37. The van der Waals surface area contributed by atoms with Crippen LogP contribution in [-0.2, 0) is 23.9 Å². The number of nitrogens with one attached hydrogen (secondary N) is 2. The summed E-state index contributed by atoms with van der Waals surface area (Å²) in [5.74, 6) is -1.48. The smallest absolute Gasteiger partial charge is 0.408 e. The van der Waals surface area contributed by atoms with Crippen LogP contribution in [0.4, 0.5) is 4.79 Å². The average Bonchev–Trinajstić information content (AvgIpc) is 2.75. The number of benzene rings is 1. The second kappa shape index (κ2) is 13.1. The fraction of sp³-hybridized carbons (Fsp3) is 0.600. The molecule has 3 N–H and O–H groups in total. The van der Waals surface area contributed by atoms with E-state index in [0.29, 0.717) is 18.4 Å². The molecule has 10 nitrogen and oxygen atoms in total. The van der Waals surface area contributed by atoms with Crippen molar-refractivity contribution in [1.82, 2.24) is 15.5 Å². The van der Waals surface area contributed by atoms with Gasteiger partial charge >= 0.3 is 12.1 Å². The summed E-state index contributed by atoms with van der Waals surface area (Å²) < 4.78 is 10.1. The van der Waals surface area contributed by atoms with E-state index in [1.165, 1.54) is 4.90 Å². The molecule has 1 aliphatic rings. The highest BCUT2D eigenvalue weighted by Crippen LogP contribution is 2.33. The molecule has 2 unspecified atom stereocenters. The molecule has 0 bridgehead atoms. The fourth-order valence-corrected chi connectivity index (χ4v) is 3.69. The predicted molar refractivity (Wildman–Crippen MR) is 128 cm³/mol. The normalized spacial score (nSPS) is 15.2. The third-order valence-electron chi connectivity index (χ3n) is 5.47. The molecule has 0 heterocycles. The highest BCUT2D eigenvalue weighted by atomic mass is 16.6. The number of carbonyl (C=O) groups is 4. The molecule has 0 saturated heterocycles. The number of nitrogens with zero attached hydrogens (tertiary/aromatic N) is 1. The van der Waals surface area contributed by atoms with E-state index in [1.54, 1.807) is 58.0 Å². The Morgan fingerprint density at radius 3 is 2.31 bits per heavy atom. The molecule has 0 radical (unpaired) electrons. The lowest BCUT2D eigenvalue weighted by Crippen LogP contribution is -2.58. The van der Waals surface area contributed by atoms with Crippen molar-refractivity contribution in [2.75, 3.05) is 19.8 Å². The summed E-state index contributed by atoms with van der Waals surface area (Å²) in [5.41, 5.74) is -0.207. The maximum absolute atomic E-state index is 13.6. The molecule has 1 saturated carbocycles. The van der Waals surface area contributed by atoms with Gasteiger partial charge < -0.3 is 30.1 Å². The summed E-state index contributed by atoms with van der Waals surface area (Å²) >= 11 is 0. The molecule has 194 valence electrons. The minimum atomic E-state index is -1.29. The van der Waals surface area contributed by atoms with Crippen molar-refractivity contribution in [2.45, 2.75) is 77.1 Å². The van der Waals surface area contributed by atoms with E-state index in [0.717, 1.165) is 6.42 Å². The van der Waals surface area contributed by atoms with Crippen molar-refractivity contribution in [3.8, 4) is 0 Å². The van der Waals surface area contributed by atoms with Gasteiger partial charge in [0.15, 0.2) is 0 Å². The van der Waals surface area contributed by atoms with E-state index in [-0.39, 0.29) is 25.6 Å². The van der Waals surface area contributed by atoms with Crippen LogP contribution in [0.15, 0.2) is 30.3 Å². The molecule has 0 aromatic heterocycles. The van der Waals surface area contributed by atoms with E-state index in [1.807, 2.05) is 0 Å². The standard InChI is InChI=1S/C25H37N3O7/c1-5-34-20(30)14-15-26-22(31)21(17-10-7-6-8-11-17)28(18-12-9-13-18)23(32)19(16-29)27-24(33)35-25(2,3)4/h6-8,10-11,18-19,21,29H,5,9,12-16H2,1-4H3,(H,26,31)(H,27,33). The Labute approximate surface area is 206 Å². The van der Waals surface area contributed by atoms with Gasteiger partial charge in [-0.2, -0.15) is 0 Å². The summed E-state index contributed by atoms with van der Waals surface area (Å²) in [7, 11) is 0. The van der Waals surface area contributed by atoms with Crippen LogP contribution in [0.2, 0.25) is 0 Å². The van der Waals surface area contributed by atoms with Crippen LogP contribution < -0.4 is 10.6 Å². The molecule has 0 spiro atoms. The third kappa shape index (κ3) is 8.54. The summed E-state index contributed by atoms with van der Waals surface area (Å²) in [6, 6.07) is 6.27. The number of carbonyl (C=O) groups excluding carboxylic acids is 4. The van der Waals surface area contributed by atoms with Crippen LogP contribution in [-0.4, -0.2) is 71.3 Å². The number of aliphatic hydroxyl groups is 1. The van der Waals surface area contributed by atoms with E-state index < -0.39 is 48.2 Å². The summed E-state index contributed by atoms with van der Waals surface area (Å²) in [6.07, 6.45) is 1.43. The highest BCUT2D eigenvalue weighted by molar-refractivity contribution is 5.92. The Hall–Kier alpha value is -3.14. The Morgan fingerprint density at radius 1 is 1.14 bits per heavy atom. The van der Waals surface area contributed by atoms with Gasteiger partial charge in [0.25, 0.3) is 0 Å². The van der Waals surface area contributed by atoms with Crippen LogP contribution in [0.3, 0.4) is 0 Å². The number of hydrogen-bond acceptors (Lipinski definition) is 7. The zero-order valence-electron chi connectivity index (χ0n) is 20.9. The molecule has 1 aromatic carbocycles. The van der Waals surface area contributed by atoms with E-state index in [4.69, 9.17) is 9.47 Å². The van der Waals surface area contributed by atoms with Crippen molar-refractivity contribution < 1.29 is 33.8 Å². The lowest BCUT2D eigenvalue weighted by atomic mass is 9.88. The average molecular weight is 492 g/mol. The topological polar surface area (TPSA) is 134 Å². The summed E-state index contributed by atoms with van der Waals surface area (Å²) in [6.45, 7) is 6.41. The lowest BCUT2D eigenvalue weighted by molar-refractivity contribution is -0.148. The van der Waals surface area contributed by atoms with Crippen LogP contribution in [0.5, 0.6) is 0 Å². The molecule has 1 aliphatic carbocycles. The van der Waals surface area contributed by atoms with Crippen molar-refractivity contribution in [2.24, 2.45) is 0 Å². The first-order valence-electron chi connectivity index (χ1n) is 12.0. The van der Waals surface area contributed by atoms with Gasteiger partial charge in [0, 0.05) is 12.6 Å². The number of hydrogen-bond donors (Lipinski definition) is 3. The molecule has 10 heteroatoms. The molecule has 1 aromatic rings. The van der Waals surface area contributed by atoms with Crippen molar-refractivity contribution >= 4 is 23.9 Å². The van der Waals surface area contributed by atoms with Crippen molar-refractivity contribution in [1.29, 1.82) is 0 Å². The number of esters is 1. The van der Waals surface area contributed by atoms with Gasteiger partial charge in [0.2, 0.25) is 11.8 Å². The van der Waals surface area contributed by atoms with Gasteiger partial charge in [-0.15, -0.1) is 0 Å². The lowest BCUT2D eigenvalue weighted by Gasteiger charge is -2.43. The molecular weight excluding hydrogens is 454 g/mol. The zero-order valence-corrected chi connectivity index (χ0v) is 20.9. The zero-order chi connectivity index (χ0) is 26.0. The monoisotopic (exact) mass is 491 g/mol. The maximum Gasteiger partial charge on any atom is 0.408 e. The molecule has 2 rings (SSSR count). The third-order valence-corrected chi connectivity index (χ3v) is 5.47. The Morgan fingerprint density at radius 2 is 1.80 bits per heavy atom. The van der Waals surface area contributed by atoms with E-state index in [9.17, 15) is 24.3 Å². The first-order chi connectivity index (χ1) is 16.6. The molecule has 3 amide bonds. The Kier molecular flexibility index (Phi) is 10.5. The number of rotatable bonds is 11. The first-order valence-corrected chi connectivity index (χ1v) is 12.0. The van der Waals surface area contributed by atoms with Crippen LogP contribution in [0, 0.1) is 0 Å². The fourth-order valence-electron chi connectivity index (χ4n) is 3.69. The quantitative estimate of drug-likeness (QED) is 0.403. The van der Waals surface area contributed by atoms with E-state index in [2.05, 4.69) is 10.6 Å². The second-order valence-electron chi connectivity index (χ2n) is 9.37. The summed E-state index contributed by atoms with van der Waals surface area (Å²) in [4.78, 5) is 52.4. The SMILES string of the molecule is CCOC(=O)CCNC(=O)C(c1ccccc1)N(C(=O)C(CO)NC(=O)OC(C)(C)C)C1CCC1. The molecule has 2 atom stereocenters. The minimum absolute atomic E-state index is 0.00205. The van der Waals surface area contributed by atoms with Gasteiger partial charge in [-0.05, 0) is 52.5 Å².